The Morgan fingerprint density at radius 1 is 1.06 bits per heavy atom. The Hall–Kier alpha value is -1.75. The Bertz CT molecular complexity index is 966. The minimum atomic E-state index is -1.49. The summed E-state index contributed by atoms with van der Waals surface area (Å²) >= 11 is 0. The average molecular weight is 514 g/mol. The molecule has 1 saturated heterocycles. The van der Waals surface area contributed by atoms with Gasteiger partial charge >= 0.3 is 13.2 Å². The second-order valence-electron chi connectivity index (χ2n) is 13.4. The van der Waals surface area contributed by atoms with Crippen LogP contribution in [0.15, 0.2) is 24.3 Å². The molecule has 0 aromatic heterocycles. The van der Waals surface area contributed by atoms with Crippen LogP contribution < -0.4 is 0 Å². The van der Waals surface area contributed by atoms with Crippen LogP contribution in [0.3, 0.4) is 0 Å². The van der Waals surface area contributed by atoms with Gasteiger partial charge in [0.05, 0.1) is 11.2 Å². The van der Waals surface area contributed by atoms with E-state index in [0.717, 1.165) is 17.5 Å². The van der Waals surface area contributed by atoms with Gasteiger partial charge in [-0.3, -0.25) is 4.90 Å². The van der Waals surface area contributed by atoms with Gasteiger partial charge in [0.25, 0.3) is 0 Å². The molecule has 1 aromatic rings. The van der Waals surface area contributed by atoms with Crippen LogP contribution in [0.1, 0.15) is 86.8 Å². The van der Waals surface area contributed by atoms with Crippen LogP contribution in [0.4, 0.5) is 4.79 Å². The lowest BCUT2D eigenvalue weighted by molar-refractivity contribution is 0.00156. The number of hydrogen-bond acceptors (Lipinski definition) is 4. The molecule has 1 amide bonds. The number of benzene rings is 1. The second kappa shape index (κ2) is 10.6. The molecule has 5 nitrogen and oxygen atoms in total. The quantitative estimate of drug-likeness (QED) is 0.302. The van der Waals surface area contributed by atoms with E-state index in [1.807, 2.05) is 84.6 Å². The molecule has 0 aliphatic carbocycles. The van der Waals surface area contributed by atoms with E-state index in [-0.39, 0.29) is 12.0 Å². The number of amides is 1. The molecule has 2 atom stereocenters. The molecule has 200 valence electrons. The minimum Gasteiger partial charge on any atom is -0.444 e. The van der Waals surface area contributed by atoms with E-state index in [4.69, 9.17) is 14.0 Å². The summed E-state index contributed by atoms with van der Waals surface area (Å²) in [5, 5.41) is 0. The highest BCUT2D eigenvalue weighted by Crippen LogP contribution is 2.45. The Balaban J connectivity index is 2.67. The first kappa shape index (κ1) is 30.5. The van der Waals surface area contributed by atoms with E-state index < -0.39 is 37.4 Å². The second-order valence-corrected chi connectivity index (χ2v) is 18.2. The lowest BCUT2D eigenvalue weighted by Gasteiger charge is -2.44. The first-order valence-electron chi connectivity index (χ1n) is 13.2. The molecule has 7 heteroatoms. The van der Waals surface area contributed by atoms with Crippen molar-refractivity contribution < 1.29 is 18.8 Å². The highest BCUT2D eigenvalue weighted by molar-refractivity contribution is 6.83. The Kier molecular flexibility index (Phi) is 8.93. The SMILES string of the molecule is CC[C@H](C)CN(C(=O)OC(C)(C)C)[C@@](C)(B1OC(C)(C)C(C)(C)O1)c1ccc(C#C[Si](C)(C)C)cc1. The molecule has 0 spiro atoms. The van der Waals surface area contributed by atoms with Crippen molar-refractivity contribution in [3.05, 3.63) is 35.4 Å². The number of rotatable bonds is 6. The van der Waals surface area contributed by atoms with E-state index in [9.17, 15) is 4.79 Å². The molecule has 1 aromatic carbocycles. The molecular formula is C29H48BNO4Si. The Morgan fingerprint density at radius 2 is 1.56 bits per heavy atom. The summed E-state index contributed by atoms with van der Waals surface area (Å²) in [6.07, 6.45) is 0.562. The van der Waals surface area contributed by atoms with Gasteiger partial charge in [-0.25, -0.2) is 4.79 Å². The van der Waals surface area contributed by atoms with Crippen LogP contribution in [0.5, 0.6) is 0 Å². The first-order chi connectivity index (χ1) is 16.2. The maximum atomic E-state index is 13.8. The third kappa shape index (κ3) is 7.18. The van der Waals surface area contributed by atoms with Crippen LogP contribution in [-0.4, -0.2) is 49.5 Å². The number of hydrogen-bond donors (Lipinski definition) is 0. The monoisotopic (exact) mass is 513 g/mol. The van der Waals surface area contributed by atoms with Crippen LogP contribution >= 0.6 is 0 Å². The summed E-state index contributed by atoms with van der Waals surface area (Å²) in [6.45, 7) is 27.4. The summed E-state index contributed by atoms with van der Waals surface area (Å²) in [4.78, 5) is 15.6. The Labute approximate surface area is 221 Å². The first-order valence-corrected chi connectivity index (χ1v) is 16.7. The van der Waals surface area contributed by atoms with Crippen molar-refractivity contribution in [3.63, 3.8) is 0 Å². The normalized spacial score (nSPS) is 19.6. The zero-order valence-electron chi connectivity index (χ0n) is 25.0. The van der Waals surface area contributed by atoms with Crippen molar-refractivity contribution in [2.45, 2.75) is 118 Å². The zero-order valence-corrected chi connectivity index (χ0v) is 26.0. The lowest BCUT2D eigenvalue weighted by atomic mass is 9.60. The van der Waals surface area contributed by atoms with Crippen LogP contribution in [0.2, 0.25) is 19.6 Å². The van der Waals surface area contributed by atoms with Gasteiger partial charge in [0.1, 0.15) is 19.1 Å². The third-order valence-corrected chi connectivity index (χ3v) is 8.00. The maximum absolute atomic E-state index is 13.8. The molecular weight excluding hydrogens is 465 g/mol. The van der Waals surface area contributed by atoms with Crippen molar-refractivity contribution in [1.82, 2.24) is 4.90 Å². The molecule has 1 fully saturated rings. The summed E-state index contributed by atoms with van der Waals surface area (Å²) in [5.41, 5.74) is 2.67. The van der Waals surface area contributed by atoms with Crippen molar-refractivity contribution in [1.29, 1.82) is 0 Å². The molecule has 0 bridgehead atoms. The van der Waals surface area contributed by atoms with E-state index in [2.05, 4.69) is 45.0 Å². The van der Waals surface area contributed by atoms with Gasteiger partial charge < -0.3 is 14.0 Å². The van der Waals surface area contributed by atoms with Gasteiger partial charge in [-0.2, -0.15) is 0 Å². The van der Waals surface area contributed by atoms with Crippen LogP contribution in [0, 0.1) is 17.4 Å². The third-order valence-electron chi connectivity index (χ3n) is 7.13. The van der Waals surface area contributed by atoms with Crippen LogP contribution in [0.25, 0.3) is 0 Å². The largest absolute Gasteiger partial charge is 0.490 e. The van der Waals surface area contributed by atoms with Crippen molar-refractivity contribution in [2.75, 3.05) is 6.54 Å². The number of carbonyl (C=O) groups excluding carboxylic acids is 1. The Morgan fingerprint density at radius 3 is 1.97 bits per heavy atom. The molecule has 0 unspecified atom stereocenters. The zero-order chi connectivity index (χ0) is 27.7. The van der Waals surface area contributed by atoms with Crippen molar-refractivity contribution in [2.24, 2.45) is 5.92 Å². The summed E-state index contributed by atoms with van der Waals surface area (Å²) in [5.74, 6) is 3.59. The van der Waals surface area contributed by atoms with Crippen molar-refractivity contribution in [3.8, 4) is 11.5 Å². The van der Waals surface area contributed by atoms with Gasteiger partial charge in [0.2, 0.25) is 0 Å². The number of carbonyl (C=O) groups is 1. The standard InChI is InChI=1S/C29H48BNO4Si/c1-14-22(2)21-31(25(32)33-26(3,4)5)29(10,30-34-27(6,7)28(8,9)35-30)24-17-15-23(16-18-24)19-20-36(11,12)13/h15-18,22H,14,21H2,1-13H3/t22-,29+/m0/s1. The number of nitrogens with zero attached hydrogens (tertiary/aromatic N) is 1. The highest BCUT2D eigenvalue weighted by atomic mass is 28.3. The highest BCUT2D eigenvalue weighted by Gasteiger charge is 2.61. The molecule has 1 heterocycles. The fourth-order valence-electron chi connectivity index (χ4n) is 3.85. The summed E-state index contributed by atoms with van der Waals surface area (Å²) in [6, 6.07) is 8.16. The van der Waals surface area contributed by atoms with E-state index in [0.29, 0.717) is 6.54 Å². The van der Waals surface area contributed by atoms with E-state index in [1.54, 1.807) is 0 Å². The summed E-state index contributed by atoms with van der Waals surface area (Å²) < 4.78 is 19.1. The van der Waals surface area contributed by atoms with Gasteiger partial charge in [0.15, 0.2) is 0 Å². The molecule has 0 saturated carbocycles. The predicted octanol–water partition coefficient (Wildman–Crippen LogP) is 7.05. The van der Waals surface area contributed by atoms with E-state index >= 15 is 0 Å². The molecule has 1 aliphatic heterocycles. The summed E-state index contributed by atoms with van der Waals surface area (Å²) in [7, 11) is -2.17. The fraction of sp³-hybridized carbons (Fsp3) is 0.690. The fourth-order valence-corrected chi connectivity index (χ4v) is 4.37. The average Bonchev–Trinajstić information content (AvgIpc) is 2.95. The maximum Gasteiger partial charge on any atom is 0.490 e. The molecule has 0 radical (unpaired) electrons. The molecule has 0 N–H and O–H groups in total. The van der Waals surface area contributed by atoms with Gasteiger partial charge in [-0.05, 0) is 79.0 Å². The minimum absolute atomic E-state index is 0.265. The predicted molar refractivity (Wildman–Crippen MR) is 152 cm³/mol. The van der Waals surface area contributed by atoms with E-state index in [1.165, 1.54) is 0 Å². The smallest absolute Gasteiger partial charge is 0.444 e. The van der Waals surface area contributed by atoms with Crippen LogP contribution in [-0.2, 0) is 19.5 Å². The number of ether oxygens (including phenoxy) is 1. The topological polar surface area (TPSA) is 48.0 Å². The van der Waals surface area contributed by atoms with Gasteiger partial charge in [-0.1, -0.05) is 58.0 Å². The lowest BCUT2D eigenvalue weighted by Crippen LogP contribution is -2.60. The van der Waals surface area contributed by atoms with Gasteiger partial charge in [0, 0.05) is 12.1 Å². The van der Waals surface area contributed by atoms with Crippen molar-refractivity contribution >= 4 is 21.3 Å². The molecule has 1 aliphatic rings. The molecule has 36 heavy (non-hydrogen) atoms. The molecule has 2 rings (SSSR count). The van der Waals surface area contributed by atoms with Gasteiger partial charge in [-0.15, -0.1) is 5.54 Å².